The van der Waals surface area contributed by atoms with Crippen molar-refractivity contribution in [2.75, 3.05) is 13.2 Å². The zero-order valence-electron chi connectivity index (χ0n) is 10.0. The summed E-state index contributed by atoms with van der Waals surface area (Å²) in [5.74, 6) is 0.292. The number of aryl methyl sites for hydroxylation is 1. The van der Waals surface area contributed by atoms with E-state index < -0.39 is 0 Å². The highest BCUT2D eigenvalue weighted by Gasteiger charge is 2.21. The van der Waals surface area contributed by atoms with E-state index in [1.807, 2.05) is 26.0 Å². The second kappa shape index (κ2) is 5.87. The van der Waals surface area contributed by atoms with Gasteiger partial charge in [0.2, 0.25) is 0 Å². The number of rotatable bonds is 6. The van der Waals surface area contributed by atoms with Crippen molar-refractivity contribution in [2.45, 2.75) is 32.2 Å². The topological polar surface area (TPSA) is 52.5 Å². The van der Waals surface area contributed by atoms with Crippen molar-refractivity contribution in [1.29, 1.82) is 0 Å². The standard InChI is InChI=1S/C13H21NO2/c1-3-14-13(2,10-15)9-8-11-4-6-12(16)7-5-11/h4-7,14-16H,3,8-10H2,1-2H3. The van der Waals surface area contributed by atoms with Gasteiger partial charge in [-0.3, -0.25) is 0 Å². The number of benzene rings is 1. The van der Waals surface area contributed by atoms with Gasteiger partial charge in [0.15, 0.2) is 0 Å². The number of phenolic OH excluding ortho intramolecular Hbond substituents is 1. The van der Waals surface area contributed by atoms with Crippen LogP contribution < -0.4 is 5.32 Å². The molecular formula is C13H21NO2. The lowest BCUT2D eigenvalue weighted by atomic mass is 9.94. The molecule has 1 aromatic carbocycles. The van der Waals surface area contributed by atoms with E-state index in [4.69, 9.17) is 5.11 Å². The van der Waals surface area contributed by atoms with Crippen molar-refractivity contribution in [3.63, 3.8) is 0 Å². The van der Waals surface area contributed by atoms with Crippen LogP contribution in [0, 0.1) is 0 Å². The summed E-state index contributed by atoms with van der Waals surface area (Å²) in [5, 5.41) is 21.8. The average molecular weight is 223 g/mol. The highest BCUT2D eigenvalue weighted by Crippen LogP contribution is 2.16. The first kappa shape index (κ1) is 13.0. The summed E-state index contributed by atoms with van der Waals surface area (Å²) < 4.78 is 0. The highest BCUT2D eigenvalue weighted by atomic mass is 16.3. The zero-order valence-corrected chi connectivity index (χ0v) is 10.0. The Balaban J connectivity index is 2.52. The number of aliphatic hydroxyl groups is 1. The minimum Gasteiger partial charge on any atom is -0.508 e. The maximum atomic E-state index is 9.34. The lowest BCUT2D eigenvalue weighted by molar-refractivity contribution is 0.168. The maximum Gasteiger partial charge on any atom is 0.115 e. The Labute approximate surface area is 97.1 Å². The summed E-state index contributed by atoms with van der Waals surface area (Å²) in [6.45, 7) is 5.05. The molecule has 16 heavy (non-hydrogen) atoms. The van der Waals surface area contributed by atoms with Crippen molar-refractivity contribution in [2.24, 2.45) is 0 Å². The number of phenols is 1. The molecule has 1 atom stereocenters. The molecule has 0 bridgehead atoms. The van der Waals surface area contributed by atoms with Gasteiger partial charge in [-0.25, -0.2) is 0 Å². The minimum absolute atomic E-state index is 0.138. The average Bonchev–Trinajstić information content (AvgIpc) is 2.29. The number of hydrogen-bond donors (Lipinski definition) is 3. The van der Waals surface area contributed by atoms with E-state index >= 15 is 0 Å². The molecule has 0 aromatic heterocycles. The molecule has 0 amide bonds. The smallest absolute Gasteiger partial charge is 0.115 e. The van der Waals surface area contributed by atoms with Gasteiger partial charge in [-0.2, -0.15) is 0 Å². The van der Waals surface area contributed by atoms with Crippen LogP contribution in [0.2, 0.25) is 0 Å². The predicted octanol–water partition coefficient (Wildman–Crippen LogP) is 1.69. The van der Waals surface area contributed by atoms with Crippen molar-refractivity contribution < 1.29 is 10.2 Å². The van der Waals surface area contributed by atoms with E-state index in [0.29, 0.717) is 5.75 Å². The Hall–Kier alpha value is -1.06. The monoisotopic (exact) mass is 223 g/mol. The van der Waals surface area contributed by atoms with Crippen molar-refractivity contribution in [3.05, 3.63) is 29.8 Å². The third-order valence-corrected chi connectivity index (χ3v) is 2.85. The van der Waals surface area contributed by atoms with Crippen LogP contribution in [0.5, 0.6) is 5.75 Å². The normalized spacial score (nSPS) is 14.7. The van der Waals surface area contributed by atoms with Crippen molar-refractivity contribution in [1.82, 2.24) is 5.32 Å². The van der Waals surface area contributed by atoms with E-state index in [9.17, 15) is 5.11 Å². The van der Waals surface area contributed by atoms with Crippen LogP contribution in [0.25, 0.3) is 0 Å². The summed E-state index contributed by atoms with van der Waals surface area (Å²) in [5.41, 5.74) is 0.961. The Morgan fingerprint density at radius 2 is 1.88 bits per heavy atom. The molecule has 0 spiro atoms. The Bertz CT molecular complexity index is 310. The SMILES string of the molecule is CCNC(C)(CO)CCc1ccc(O)cc1. The van der Waals surface area contributed by atoms with Gasteiger partial charge >= 0.3 is 0 Å². The van der Waals surface area contributed by atoms with E-state index in [0.717, 1.165) is 19.4 Å². The number of likely N-dealkylation sites (N-methyl/N-ethyl adjacent to an activating group) is 1. The molecule has 1 aromatic rings. The second-order valence-corrected chi connectivity index (χ2v) is 4.42. The van der Waals surface area contributed by atoms with Crippen LogP contribution in [-0.4, -0.2) is 28.9 Å². The molecule has 3 heteroatoms. The molecule has 3 nitrogen and oxygen atoms in total. The molecule has 0 aliphatic heterocycles. The first-order valence-electron chi connectivity index (χ1n) is 5.73. The Morgan fingerprint density at radius 3 is 2.38 bits per heavy atom. The summed E-state index contributed by atoms with van der Waals surface area (Å²) in [6.07, 6.45) is 1.77. The molecule has 0 saturated heterocycles. The van der Waals surface area contributed by atoms with Crippen LogP contribution in [-0.2, 0) is 6.42 Å². The number of hydrogen-bond acceptors (Lipinski definition) is 3. The molecular weight excluding hydrogens is 202 g/mol. The number of aromatic hydroxyl groups is 1. The van der Waals surface area contributed by atoms with Gasteiger partial charge in [-0.1, -0.05) is 19.1 Å². The second-order valence-electron chi connectivity index (χ2n) is 4.42. The lowest BCUT2D eigenvalue weighted by Crippen LogP contribution is -2.45. The van der Waals surface area contributed by atoms with Gasteiger partial charge in [0.05, 0.1) is 6.61 Å². The Kier molecular flexibility index (Phi) is 4.77. The van der Waals surface area contributed by atoms with Crippen LogP contribution in [0.1, 0.15) is 25.8 Å². The third kappa shape index (κ3) is 3.83. The van der Waals surface area contributed by atoms with E-state index in [-0.39, 0.29) is 12.1 Å². The highest BCUT2D eigenvalue weighted by molar-refractivity contribution is 5.26. The molecule has 0 saturated carbocycles. The van der Waals surface area contributed by atoms with E-state index in [1.54, 1.807) is 12.1 Å². The van der Waals surface area contributed by atoms with Gasteiger partial charge < -0.3 is 15.5 Å². The first-order valence-corrected chi connectivity index (χ1v) is 5.73. The largest absolute Gasteiger partial charge is 0.508 e. The summed E-state index contributed by atoms with van der Waals surface area (Å²) in [7, 11) is 0. The molecule has 1 unspecified atom stereocenters. The summed E-state index contributed by atoms with van der Waals surface area (Å²) in [6, 6.07) is 7.22. The molecule has 0 aliphatic carbocycles. The van der Waals surface area contributed by atoms with E-state index in [1.165, 1.54) is 5.56 Å². The van der Waals surface area contributed by atoms with Crippen molar-refractivity contribution >= 4 is 0 Å². The lowest BCUT2D eigenvalue weighted by Gasteiger charge is -2.28. The quantitative estimate of drug-likeness (QED) is 0.688. The summed E-state index contributed by atoms with van der Waals surface area (Å²) >= 11 is 0. The number of nitrogens with one attached hydrogen (secondary N) is 1. The third-order valence-electron chi connectivity index (χ3n) is 2.85. The van der Waals surface area contributed by atoms with Crippen LogP contribution in [0.15, 0.2) is 24.3 Å². The molecule has 0 radical (unpaired) electrons. The fourth-order valence-electron chi connectivity index (χ4n) is 1.73. The molecule has 90 valence electrons. The zero-order chi connectivity index (χ0) is 12.0. The molecule has 0 aliphatic rings. The fourth-order valence-corrected chi connectivity index (χ4v) is 1.73. The molecule has 0 heterocycles. The molecule has 0 fully saturated rings. The van der Waals surface area contributed by atoms with Crippen LogP contribution >= 0.6 is 0 Å². The molecule has 3 N–H and O–H groups in total. The Morgan fingerprint density at radius 1 is 1.25 bits per heavy atom. The van der Waals surface area contributed by atoms with Gasteiger partial charge in [0.25, 0.3) is 0 Å². The van der Waals surface area contributed by atoms with Crippen LogP contribution in [0.3, 0.4) is 0 Å². The molecule has 1 rings (SSSR count). The minimum atomic E-state index is -0.216. The van der Waals surface area contributed by atoms with Gasteiger partial charge in [0.1, 0.15) is 5.75 Å². The van der Waals surface area contributed by atoms with Gasteiger partial charge in [-0.15, -0.1) is 0 Å². The van der Waals surface area contributed by atoms with E-state index in [2.05, 4.69) is 5.32 Å². The maximum absolute atomic E-state index is 9.34. The first-order chi connectivity index (χ1) is 7.59. The summed E-state index contributed by atoms with van der Waals surface area (Å²) in [4.78, 5) is 0. The van der Waals surface area contributed by atoms with Crippen molar-refractivity contribution in [3.8, 4) is 5.75 Å². The van der Waals surface area contributed by atoms with Gasteiger partial charge in [-0.05, 0) is 44.0 Å². The fraction of sp³-hybridized carbons (Fsp3) is 0.538. The van der Waals surface area contributed by atoms with Gasteiger partial charge in [0, 0.05) is 5.54 Å². The van der Waals surface area contributed by atoms with Crippen LogP contribution in [0.4, 0.5) is 0 Å². The predicted molar refractivity (Wildman–Crippen MR) is 65.6 cm³/mol. The number of aliphatic hydroxyl groups excluding tert-OH is 1.